The highest BCUT2D eigenvalue weighted by molar-refractivity contribution is 7.99. The molecule has 5 rings (SSSR count). The van der Waals surface area contributed by atoms with Crippen LogP contribution in [0.4, 0.5) is 11.4 Å². The first-order valence-electron chi connectivity index (χ1n) is 16.6. The molecule has 2 amide bonds. The van der Waals surface area contributed by atoms with Crippen LogP contribution >= 0.6 is 11.8 Å². The van der Waals surface area contributed by atoms with Gasteiger partial charge in [-0.15, -0.1) is 14.7 Å². The maximum atomic E-state index is 14.3. The molecule has 12 nitrogen and oxygen atoms in total. The smallest absolute Gasteiger partial charge is 0.330 e. The number of amides is 2. The van der Waals surface area contributed by atoms with Gasteiger partial charge in [0.15, 0.2) is 6.04 Å². The first kappa shape index (κ1) is 34.1. The Morgan fingerprint density at radius 2 is 1.83 bits per heavy atom. The monoisotopic (exact) mass is 655 g/mol. The van der Waals surface area contributed by atoms with Crippen molar-refractivity contribution < 1.29 is 19.1 Å². The minimum Gasteiger partial charge on any atom is -0.460 e. The summed E-state index contributed by atoms with van der Waals surface area (Å²) < 4.78 is 6.25. The van der Waals surface area contributed by atoms with Crippen LogP contribution in [-0.4, -0.2) is 65.0 Å². The van der Waals surface area contributed by atoms with E-state index >= 15 is 0 Å². The molecule has 6 atom stereocenters. The lowest BCUT2D eigenvalue weighted by Crippen LogP contribution is -2.68. The van der Waals surface area contributed by atoms with Crippen LogP contribution in [0.15, 0.2) is 33.7 Å². The molecule has 3 saturated carbocycles. The molecule has 0 radical (unpaired) electrons. The normalized spacial score (nSPS) is 27.5. The second-order valence-electron chi connectivity index (χ2n) is 14.0. The Balaban J connectivity index is 1.32. The molecule has 1 aliphatic heterocycles. The van der Waals surface area contributed by atoms with Crippen LogP contribution in [0.3, 0.4) is 0 Å². The second kappa shape index (κ2) is 14.3. The summed E-state index contributed by atoms with van der Waals surface area (Å²) in [5.74, 6) is 0.0884. The van der Waals surface area contributed by atoms with Crippen LogP contribution in [-0.2, 0) is 25.5 Å². The molecule has 6 unspecified atom stereocenters. The lowest BCUT2D eigenvalue weighted by Gasteiger charge is -2.69. The lowest BCUT2D eigenvalue weighted by atomic mass is 9.37. The summed E-state index contributed by atoms with van der Waals surface area (Å²) in [5, 5.41) is 11.4. The maximum absolute atomic E-state index is 14.3. The Bertz CT molecular complexity index is 1350. The number of thioether (sulfide) groups is 1. The number of carbonyl (C=O) groups excluding carboxylic acids is 3. The molecule has 1 aromatic rings. The standard InChI is InChI=1S/C33H45N5O7S/c1-4-32(2,3)33-13-12-22(33)18-27(33)45-31(41)26-19-46-15-14-38(26)30(40)28(21-8-6-5-7-9-21)34-29(39)25(37-44)17-20-10-11-23(35-42)24(16-20)36-43/h10-11,16,21-22,25-28H,4-9,12-15,17-19H2,1-3H3,(H,34,39). The highest BCUT2D eigenvalue weighted by Crippen LogP contribution is 2.70. The zero-order valence-electron chi connectivity index (χ0n) is 26.9. The molecule has 1 heterocycles. The average molecular weight is 656 g/mol. The third-order valence-corrected chi connectivity index (χ3v) is 12.6. The third-order valence-electron chi connectivity index (χ3n) is 11.6. The van der Waals surface area contributed by atoms with Crippen molar-refractivity contribution in [2.45, 2.75) is 109 Å². The number of nitroso groups, excluding NO2 is 3. The van der Waals surface area contributed by atoms with E-state index in [0.29, 0.717) is 29.5 Å². The predicted octanol–water partition coefficient (Wildman–Crippen LogP) is 6.32. The number of rotatable bonds is 13. The fourth-order valence-electron chi connectivity index (χ4n) is 8.33. The molecule has 0 bridgehead atoms. The van der Waals surface area contributed by atoms with Crippen molar-refractivity contribution in [3.63, 3.8) is 0 Å². The van der Waals surface area contributed by atoms with Gasteiger partial charge in [0.05, 0.1) is 0 Å². The van der Waals surface area contributed by atoms with Crippen LogP contribution in [0, 0.1) is 37.4 Å². The summed E-state index contributed by atoms with van der Waals surface area (Å²) in [7, 11) is 0. The number of nitrogens with zero attached hydrogens (tertiary/aromatic N) is 4. The summed E-state index contributed by atoms with van der Waals surface area (Å²) >= 11 is 1.61. The lowest BCUT2D eigenvalue weighted by molar-refractivity contribution is -0.261. The molecule has 0 spiro atoms. The van der Waals surface area contributed by atoms with E-state index in [2.05, 4.69) is 41.6 Å². The fraction of sp³-hybridized carbons (Fsp3) is 0.727. The predicted molar refractivity (Wildman–Crippen MR) is 176 cm³/mol. The largest absolute Gasteiger partial charge is 0.460 e. The summed E-state index contributed by atoms with van der Waals surface area (Å²) in [6, 6.07) is 0.991. The Hall–Kier alpha value is -3.22. The molecule has 1 saturated heterocycles. The van der Waals surface area contributed by atoms with Crippen molar-refractivity contribution in [3.05, 3.63) is 38.5 Å². The van der Waals surface area contributed by atoms with Crippen molar-refractivity contribution in [1.29, 1.82) is 0 Å². The van der Waals surface area contributed by atoms with E-state index in [1.807, 2.05) is 0 Å². The van der Waals surface area contributed by atoms with Gasteiger partial charge in [-0.2, -0.15) is 11.8 Å². The number of benzene rings is 1. The Kier molecular flexibility index (Phi) is 10.6. The maximum Gasteiger partial charge on any atom is 0.330 e. The number of fused-ring (bicyclic) bond motifs is 1. The Morgan fingerprint density at radius 1 is 1.09 bits per heavy atom. The summed E-state index contributed by atoms with van der Waals surface area (Å²) in [5.41, 5.74) is 0.0905. The van der Waals surface area contributed by atoms with E-state index in [1.54, 1.807) is 16.7 Å². The van der Waals surface area contributed by atoms with Gasteiger partial charge in [0.25, 0.3) is 0 Å². The number of esters is 1. The van der Waals surface area contributed by atoms with Crippen LogP contribution in [0.5, 0.6) is 0 Å². The number of hydrogen-bond donors (Lipinski definition) is 1. The SMILES string of the molecule is CCC(C)(C)C12CCC1CC2OC(=O)C1CSCCN1C(=O)C(NC(=O)C(Cc1ccc(N=O)c(N=O)c1)N=O)C1CCCCC1. The van der Waals surface area contributed by atoms with Gasteiger partial charge >= 0.3 is 5.97 Å². The minimum absolute atomic E-state index is 0.00384. The van der Waals surface area contributed by atoms with E-state index in [4.69, 9.17) is 4.74 Å². The number of hydrogen-bond acceptors (Lipinski definition) is 11. The van der Waals surface area contributed by atoms with Crippen LogP contribution in [0.25, 0.3) is 0 Å². The molecule has 250 valence electrons. The summed E-state index contributed by atoms with van der Waals surface area (Å²) in [4.78, 5) is 77.2. The van der Waals surface area contributed by atoms with Crippen LogP contribution in [0.1, 0.15) is 84.1 Å². The number of nitrogens with one attached hydrogen (secondary N) is 1. The Morgan fingerprint density at radius 3 is 2.43 bits per heavy atom. The first-order valence-corrected chi connectivity index (χ1v) is 17.8. The van der Waals surface area contributed by atoms with E-state index in [9.17, 15) is 29.1 Å². The highest BCUT2D eigenvalue weighted by atomic mass is 32.2. The van der Waals surface area contributed by atoms with Gasteiger partial charge in [0.1, 0.15) is 29.6 Å². The highest BCUT2D eigenvalue weighted by Gasteiger charge is 2.68. The summed E-state index contributed by atoms with van der Waals surface area (Å²) in [6.07, 6.45) is 8.10. The van der Waals surface area contributed by atoms with Gasteiger partial charge < -0.3 is 15.0 Å². The van der Waals surface area contributed by atoms with Gasteiger partial charge in [-0.1, -0.05) is 57.7 Å². The fourth-order valence-corrected chi connectivity index (χ4v) is 9.37. The van der Waals surface area contributed by atoms with Gasteiger partial charge in [0, 0.05) is 29.9 Å². The van der Waals surface area contributed by atoms with Gasteiger partial charge in [0.2, 0.25) is 11.8 Å². The molecule has 4 aliphatic rings. The zero-order chi connectivity index (χ0) is 33.1. The molecular weight excluding hydrogens is 610 g/mol. The van der Waals surface area contributed by atoms with Gasteiger partial charge in [-0.05, 0) is 77.4 Å². The number of carbonyl (C=O) groups is 3. The second-order valence-corrected chi connectivity index (χ2v) is 15.2. The van der Waals surface area contributed by atoms with Crippen molar-refractivity contribution in [1.82, 2.24) is 10.2 Å². The van der Waals surface area contributed by atoms with Crippen LogP contribution < -0.4 is 5.32 Å². The molecular formula is C33H45N5O7S. The van der Waals surface area contributed by atoms with E-state index < -0.39 is 24.0 Å². The Labute approximate surface area is 273 Å². The van der Waals surface area contributed by atoms with E-state index in [1.165, 1.54) is 18.2 Å². The van der Waals surface area contributed by atoms with Crippen molar-refractivity contribution in [2.75, 3.05) is 18.1 Å². The molecule has 4 fully saturated rings. The molecule has 3 aliphatic carbocycles. The average Bonchev–Trinajstić information content (AvgIpc) is 3.07. The van der Waals surface area contributed by atoms with Gasteiger partial charge in [-0.25, -0.2) is 4.79 Å². The zero-order valence-corrected chi connectivity index (χ0v) is 27.8. The van der Waals surface area contributed by atoms with Crippen molar-refractivity contribution >= 4 is 40.9 Å². The third kappa shape index (κ3) is 6.35. The molecule has 46 heavy (non-hydrogen) atoms. The topological polar surface area (TPSA) is 164 Å². The minimum atomic E-state index is -1.39. The summed E-state index contributed by atoms with van der Waals surface area (Å²) in [6.45, 7) is 7.07. The number of ether oxygens (including phenoxy) is 1. The first-order chi connectivity index (χ1) is 22.1. The van der Waals surface area contributed by atoms with Crippen molar-refractivity contribution in [3.8, 4) is 0 Å². The molecule has 13 heteroatoms. The molecule has 1 aromatic carbocycles. The quantitative estimate of drug-likeness (QED) is 0.191. The molecule has 0 aromatic heterocycles. The van der Waals surface area contributed by atoms with Crippen LogP contribution in [0.2, 0.25) is 0 Å². The van der Waals surface area contributed by atoms with Gasteiger partial charge in [-0.3, -0.25) is 9.59 Å². The van der Waals surface area contributed by atoms with E-state index in [0.717, 1.165) is 57.8 Å². The van der Waals surface area contributed by atoms with E-state index in [-0.39, 0.29) is 52.5 Å². The van der Waals surface area contributed by atoms with Crippen molar-refractivity contribution in [2.24, 2.45) is 38.2 Å². The molecule has 1 N–H and O–H groups in total.